The summed E-state index contributed by atoms with van der Waals surface area (Å²) in [6, 6.07) is 16.0. The van der Waals surface area contributed by atoms with E-state index in [9.17, 15) is 5.26 Å². The van der Waals surface area contributed by atoms with Gasteiger partial charge in [-0.05, 0) is 52.9 Å². The van der Waals surface area contributed by atoms with E-state index in [-0.39, 0.29) is 5.41 Å². The lowest BCUT2D eigenvalue weighted by Crippen LogP contribution is -2.26. The molecule has 1 aliphatic rings. The van der Waals surface area contributed by atoms with Crippen molar-refractivity contribution in [3.63, 3.8) is 0 Å². The summed E-state index contributed by atoms with van der Waals surface area (Å²) >= 11 is 0. The zero-order valence-corrected chi connectivity index (χ0v) is 19.6. The SMILES string of the molecule is C=NCc1ccc2c(c1)C(CCCCCC)(CCCCCC)c1cc(CC#N)ccc1-2. The lowest BCUT2D eigenvalue weighted by Gasteiger charge is -2.33. The van der Waals surface area contributed by atoms with Crippen LogP contribution in [-0.4, -0.2) is 6.72 Å². The Hall–Kier alpha value is -2.40. The molecule has 0 radical (unpaired) electrons. The maximum atomic E-state index is 9.30. The molecule has 0 saturated heterocycles. The Labute approximate surface area is 189 Å². The van der Waals surface area contributed by atoms with E-state index in [1.807, 2.05) is 0 Å². The van der Waals surface area contributed by atoms with Crippen LogP contribution in [0.1, 0.15) is 100 Å². The minimum Gasteiger partial charge on any atom is -0.296 e. The van der Waals surface area contributed by atoms with Gasteiger partial charge >= 0.3 is 0 Å². The van der Waals surface area contributed by atoms with Crippen molar-refractivity contribution in [1.29, 1.82) is 5.26 Å². The first kappa shape index (κ1) is 23.3. The summed E-state index contributed by atoms with van der Waals surface area (Å²) in [5.41, 5.74) is 8.18. The number of rotatable bonds is 13. The number of nitriles is 1. The van der Waals surface area contributed by atoms with Gasteiger partial charge in [-0.3, -0.25) is 4.99 Å². The van der Waals surface area contributed by atoms with Crippen molar-refractivity contribution in [3.05, 3.63) is 58.7 Å². The van der Waals surface area contributed by atoms with E-state index < -0.39 is 0 Å². The van der Waals surface area contributed by atoms with Crippen LogP contribution in [0.4, 0.5) is 0 Å². The molecule has 3 rings (SSSR count). The van der Waals surface area contributed by atoms with Crippen molar-refractivity contribution in [2.75, 3.05) is 0 Å². The molecule has 0 bridgehead atoms. The topological polar surface area (TPSA) is 36.1 Å². The fraction of sp³-hybridized carbons (Fsp3) is 0.517. The predicted molar refractivity (Wildman–Crippen MR) is 133 cm³/mol. The van der Waals surface area contributed by atoms with Gasteiger partial charge in [0.05, 0.1) is 19.0 Å². The molecule has 2 aromatic carbocycles. The first-order valence-corrected chi connectivity index (χ1v) is 12.3. The first-order valence-electron chi connectivity index (χ1n) is 12.3. The van der Waals surface area contributed by atoms with Crippen LogP contribution in [0.3, 0.4) is 0 Å². The van der Waals surface area contributed by atoms with Crippen molar-refractivity contribution in [3.8, 4) is 17.2 Å². The quantitative estimate of drug-likeness (QED) is 0.240. The highest BCUT2D eigenvalue weighted by Gasteiger charge is 2.42. The van der Waals surface area contributed by atoms with Gasteiger partial charge in [0.2, 0.25) is 0 Å². The zero-order valence-electron chi connectivity index (χ0n) is 19.6. The highest BCUT2D eigenvalue weighted by atomic mass is 14.7. The third-order valence-corrected chi connectivity index (χ3v) is 6.98. The minimum atomic E-state index is 0.0643. The van der Waals surface area contributed by atoms with Gasteiger partial charge in [-0.1, -0.05) is 102 Å². The van der Waals surface area contributed by atoms with Crippen LogP contribution < -0.4 is 0 Å². The highest BCUT2D eigenvalue weighted by molar-refractivity contribution is 5.81. The van der Waals surface area contributed by atoms with Crippen LogP contribution in [0.2, 0.25) is 0 Å². The van der Waals surface area contributed by atoms with Crippen molar-refractivity contribution in [1.82, 2.24) is 0 Å². The molecule has 2 aromatic rings. The van der Waals surface area contributed by atoms with E-state index in [0.717, 1.165) is 5.56 Å². The van der Waals surface area contributed by atoms with Crippen molar-refractivity contribution in [2.24, 2.45) is 4.99 Å². The molecule has 1 aliphatic carbocycles. The Morgan fingerprint density at radius 2 is 1.35 bits per heavy atom. The van der Waals surface area contributed by atoms with E-state index in [1.165, 1.54) is 92.0 Å². The van der Waals surface area contributed by atoms with Crippen LogP contribution >= 0.6 is 0 Å². The van der Waals surface area contributed by atoms with Gasteiger partial charge in [0, 0.05) is 5.41 Å². The average molecular weight is 415 g/mol. The molecule has 0 aliphatic heterocycles. The molecule has 0 heterocycles. The second-order valence-corrected chi connectivity index (χ2v) is 9.18. The molecule has 0 amide bonds. The highest BCUT2D eigenvalue weighted by Crippen LogP contribution is 2.54. The summed E-state index contributed by atoms with van der Waals surface area (Å²) in [4.78, 5) is 4.15. The number of aliphatic imine (C=N–C) groups is 1. The molecule has 0 saturated carbocycles. The second-order valence-electron chi connectivity index (χ2n) is 9.18. The number of hydrogen-bond donors (Lipinski definition) is 0. The van der Waals surface area contributed by atoms with Gasteiger partial charge in [-0.2, -0.15) is 5.26 Å². The van der Waals surface area contributed by atoms with E-state index in [4.69, 9.17) is 0 Å². The monoisotopic (exact) mass is 414 g/mol. The van der Waals surface area contributed by atoms with Crippen LogP contribution in [0.5, 0.6) is 0 Å². The standard InChI is InChI=1S/C29H38N2/c1-4-6-8-10-17-29(18-11-9-7-5-2)27-20-23(16-19-30)12-14-25(27)26-15-13-24(22-31-3)21-28(26)29/h12-15,20-21H,3-11,16-18,22H2,1-2H3. The molecule has 0 spiro atoms. The number of nitrogens with zero attached hydrogens (tertiary/aromatic N) is 2. The smallest absolute Gasteiger partial charge is 0.0669 e. The summed E-state index contributed by atoms with van der Waals surface area (Å²) in [5, 5.41) is 9.30. The summed E-state index contributed by atoms with van der Waals surface area (Å²) in [7, 11) is 0. The second kappa shape index (κ2) is 11.3. The Bertz CT molecular complexity index is 907. The van der Waals surface area contributed by atoms with E-state index in [1.54, 1.807) is 0 Å². The van der Waals surface area contributed by atoms with Gasteiger partial charge in [-0.15, -0.1) is 0 Å². The molecule has 0 unspecified atom stereocenters. The first-order chi connectivity index (χ1) is 15.2. The van der Waals surface area contributed by atoms with E-state index in [2.05, 4.69) is 68.0 Å². The maximum absolute atomic E-state index is 9.30. The summed E-state index contributed by atoms with van der Waals surface area (Å²) in [6.45, 7) is 8.95. The van der Waals surface area contributed by atoms with Crippen LogP contribution in [-0.2, 0) is 18.4 Å². The predicted octanol–water partition coefficient (Wildman–Crippen LogP) is 8.16. The molecule has 0 fully saturated rings. The normalized spacial score (nSPS) is 13.5. The summed E-state index contributed by atoms with van der Waals surface area (Å²) < 4.78 is 0. The summed E-state index contributed by atoms with van der Waals surface area (Å²) in [5.74, 6) is 0. The molecule has 2 heteroatoms. The largest absolute Gasteiger partial charge is 0.296 e. The molecule has 2 nitrogen and oxygen atoms in total. The van der Waals surface area contributed by atoms with Gasteiger partial charge in [0.25, 0.3) is 0 Å². The summed E-state index contributed by atoms with van der Waals surface area (Å²) in [6.07, 6.45) is 13.1. The molecule has 164 valence electrons. The minimum absolute atomic E-state index is 0.0643. The number of fused-ring (bicyclic) bond motifs is 3. The van der Waals surface area contributed by atoms with Crippen LogP contribution in [0.15, 0.2) is 41.4 Å². The molecule has 0 atom stereocenters. The number of hydrogen-bond acceptors (Lipinski definition) is 2. The Balaban J connectivity index is 2.09. The van der Waals surface area contributed by atoms with Gasteiger partial charge in [-0.25, -0.2) is 0 Å². The third-order valence-electron chi connectivity index (χ3n) is 6.98. The van der Waals surface area contributed by atoms with E-state index >= 15 is 0 Å². The third kappa shape index (κ3) is 5.09. The maximum Gasteiger partial charge on any atom is 0.0669 e. The Kier molecular flexibility index (Phi) is 8.47. The van der Waals surface area contributed by atoms with Crippen molar-refractivity contribution < 1.29 is 0 Å². The Morgan fingerprint density at radius 3 is 1.87 bits per heavy atom. The molecule has 0 N–H and O–H groups in total. The lowest BCUT2D eigenvalue weighted by molar-refractivity contribution is 0.400. The number of unbranched alkanes of at least 4 members (excludes halogenated alkanes) is 6. The molecule has 31 heavy (non-hydrogen) atoms. The molecular weight excluding hydrogens is 376 g/mol. The molecular formula is C29H38N2. The van der Waals surface area contributed by atoms with E-state index in [0.29, 0.717) is 13.0 Å². The average Bonchev–Trinajstić information content (AvgIpc) is 3.04. The zero-order chi connectivity index (χ0) is 22.1. The van der Waals surface area contributed by atoms with Crippen molar-refractivity contribution >= 4 is 6.72 Å². The fourth-order valence-corrected chi connectivity index (χ4v) is 5.39. The fourth-order valence-electron chi connectivity index (χ4n) is 5.39. The molecule has 0 aromatic heterocycles. The van der Waals surface area contributed by atoms with Crippen molar-refractivity contribution in [2.45, 2.75) is 96.4 Å². The van der Waals surface area contributed by atoms with Crippen LogP contribution in [0.25, 0.3) is 11.1 Å². The Morgan fingerprint density at radius 1 is 0.806 bits per heavy atom. The number of benzene rings is 2. The van der Waals surface area contributed by atoms with Gasteiger partial charge in [0.1, 0.15) is 0 Å². The van der Waals surface area contributed by atoms with Gasteiger partial charge < -0.3 is 0 Å². The van der Waals surface area contributed by atoms with Gasteiger partial charge in [0.15, 0.2) is 0 Å². The lowest BCUT2D eigenvalue weighted by atomic mass is 9.70. The van der Waals surface area contributed by atoms with Crippen LogP contribution in [0, 0.1) is 11.3 Å².